The highest BCUT2D eigenvalue weighted by atomic mass is 16.2. The number of para-hydroxylation sites is 1. The average molecular weight is 399 g/mol. The maximum Gasteiger partial charge on any atom is 0.319 e. The molecular formula is C23H34N4O2. The maximum atomic E-state index is 12.7. The zero-order chi connectivity index (χ0) is 20.1. The Bertz CT molecular complexity index is 673. The summed E-state index contributed by atoms with van der Waals surface area (Å²) < 4.78 is 0. The molecule has 3 aliphatic rings. The molecule has 4 rings (SSSR count). The van der Waals surface area contributed by atoms with Crippen LogP contribution in [0.1, 0.15) is 38.5 Å². The Morgan fingerprint density at radius 2 is 1.38 bits per heavy atom. The van der Waals surface area contributed by atoms with E-state index in [1.807, 2.05) is 20.8 Å². The summed E-state index contributed by atoms with van der Waals surface area (Å²) in [6.07, 6.45) is 5.97. The van der Waals surface area contributed by atoms with Gasteiger partial charge in [0.05, 0.1) is 0 Å². The van der Waals surface area contributed by atoms with Crippen LogP contribution in [-0.4, -0.2) is 79.0 Å². The largest absolute Gasteiger partial charge is 0.368 e. The molecule has 1 aromatic rings. The molecule has 6 heteroatoms. The van der Waals surface area contributed by atoms with Gasteiger partial charge in [-0.05, 0) is 50.2 Å². The lowest BCUT2D eigenvalue weighted by Crippen LogP contribution is -2.49. The van der Waals surface area contributed by atoms with Crippen molar-refractivity contribution in [3.8, 4) is 0 Å². The molecule has 0 radical (unpaired) electrons. The lowest BCUT2D eigenvalue weighted by atomic mass is 9.92. The predicted octanol–water partition coefficient (Wildman–Crippen LogP) is 3.04. The van der Waals surface area contributed by atoms with Crippen LogP contribution in [0.15, 0.2) is 30.3 Å². The number of benzene rings is 1. The molecule has 3 aliphatic heterocycles. The zero-order valence-electron chi connectivity index (χ0n) is 17.5. The summed E-state index contributed by atoms with van der Waals surface area (Å²) in [6, 6.07) is 10.7. The quantitative estimate of drug-likeness (QED) is 0.783. The molecule has 158 valence electrons. The van der Waals surface area contributed by atoms with E-state index in [0.717, 1.165) is 84.5 Å². The molecular weight excluding hydrogens is 364 g/mol. The van der Waals surface area contributed by atoms with Gasteiger partial charge in [-0.3, -0.25) is 4.79 Å². The third-order valence-electron chi connectivity index (χ3n) is 6.78. The number of anilines is 1. The van der Waals surface area contributed by atoms with Crippen LogP contribution >= 0.6 is 0 Å². The number of urea groups is 1. The van der Waals surface area contributed by atoms with E-state index < -0.39 is 0 Å². The van der Waals surface area contributed by atoms with E-state index in [-0.39, 0.29) is 6.03 Å². The molecule has 3 fully saturated rings. The molecule has 0 atom stereocenters. The van der Waals surface area contributed by atoms with Crippen LogP contribution in [-0.2, 0) is 4.79 Å². The van der Waals surface area contributed by atoms with Crippen molar-refractivity contribution in [2.45, 2.75) is 38.5 Å². The fraction of sp³-hybridized carbons (Fsp3) is 0.652. The summed E-state index contributed by atoms with van der Waals surface area (Å²) in [5, 5.41) is 0. The van der Waals surface area contributed by atoms with Crippen LogP contribution < -0.4 is 4.90 Å². The average Bonchev–Trinajstić information content (AvgIpc) is 3.33. The Balaban J connectivity index is 1.15. The minimum Gasteiger partial charge on any atom is -0.368 e. The highest BCUT2D eigenvalue weighted by molar-refractivity contribution is 5.76. The molecule has 0 aliphatic carbocycles. The van der Waals surface area contributed by atoms with E-state index in [9.17, 15) is 9.59 Å². The van der Waals surface area contributed by atoms with Gasteiger partial charge in [-0.2, -0.15) is 0 Å². The molecule has 6 nitrogen and oxygen atoms in total. The van der Waals surface area contributed by atoms with Gasteiger partial charge in [0.1, 0.15) is 0 Å². The standard InChI is InChI=1S/C23H34N4O2/c28-22(25-18-16-24(17-19-25)21-6-2-1-3-7-21)9-8-20-10-14-27(15-11-20)23(29)26-12-4-5-13-26/h1-3,6-7,20H,4-5,8-19H2. The van der Waals surface area contributed by atoms with Gasteiger partial charge in [0, 0.05) is 64.5 Å². The Morgan fingerprint density at radius 3 is 2.03 bits per heavy atom. The normalized spacial score (nSPS) is 21.0. The molecule has 0 unspecified atom stereocenters. The second-order valence-corrected chi connectivity index (χ2v) is 8.65. The van der Waals surface area contributed by atoms with Crippen molar-refractivity contribution in [1.82, 2.24) is 14.7 Å². The first-order valence-corrected chi connectivity index (χ1v) is 11.3. The first kappa shape index (κ1) is 20.0. The van der Waals surface area contributed by atoms with Crippen LogP contribution in [0.25, 0.3) is 0 Å². The predicted molar refractivity (Wildman–Crippen MR) is 115 cm³/mol. The third-order valence-corrected chi connectivity index (χ3v) is 6.78. The molecule has 1 aromatic carbocycles. The van der Waals surface area contributed by atoms with Gasteiger partial charge in [-0.1, -0.05) is 18.2 Å². The van der Waals surface area contributed by atoms with Crippen molar-refractivity contribution >= 4 is 17.6 Å². The third kappa shape index (κ3) is 5.03. The number of carbonyl (C=O) groups is 2. The van der Waals surface area contributed by atoms with Crippen LogP contribution in [0.5, 0.6) is 0 Å². The Morgan fingerprint density at radius 1 is 0.759 bits per heavy atom. The molecule has 0 aromatic heterocycles. The number of piperazine rings is 1. The van der Waals surface area contributed by atoms with E-state index in [1.165, 1.54) is 5.69 Å². The summed E-state index contributed by atoms with van der Waals surface area (Å²) in [5.74, 6) is 0.875. The minimum absolute atomic E-state index is 0.230. The number of likely N-dealkylation sites (tertiary alicyclic amines) is 2. The number of amides is 3. The second-order valence-electron chi connectivity index (χ2n) is 8.65. The van der Waals surface area contributed by atoms with Crippen molar-refractivity contribution in [2.24, 2.45) is 5.92 Å². The van der Waals surface area contributed by atoms with E-state index in [2.05, 4.69) is 29.2 Å². The minimum atomic E-state index is 0.230. The van der Waals surface area contributed by atoms with Crippen LogP contribution in [0.3, 0.4) is 0 Å². The Kier molecular flexibility index (Phi) is 6.57. The first-order chi connectivity index (χ1) is 14.2. The van der Waals surface area contributed by atoms with Crippen molar-refractivity contribution in [3.63, 3.8) is 0 Å². The topological polar surface area (TPSA) is 47.1 Å². The number of carbonyl (C=O) groups excluding carboxylic acids is 2. The monoisotopic (exact) mass is 398 g/mol. The first-order valence-electron chi connectivity index (χ1n) is 11.3. The molecule has 0 spiro atoms. The molecule has 3 amide bonds. The molecule has 0 bridgehead atoms. The molecule has 3 heterocycles. The van der Waals surface area contributed by atoms with Gasteiger partial charge in [-0.25, -0.2) is 4.79 Å². The summed E-state index contributed by atoms with van der Waals surface area (Å²) in [4.78, 5) is 33.6. The summed E-state index contributed by atoms with van der Waals surface area (Å²) in [7, 11) is 0. The number of piperidine rings is 1. The summed E-state index contributed by atoms with van der Waals surface area (Å²) >= 11 is 0. The smallest absolute Gasteiger partial charge is 0.319 e. The maximum absolute atomic E-state index is 12.7. The number of hydrogen-bond donors (Lipinski definition) is 0. The second kappa shape index (κ2) is 9.51. The van der Waals surface area contributed by atoms with Crippen molar-refractivity contribution in [2.75, 3.05) is 57.3 Å². The van der Waals surface area contributed by atoms with Crippen molar-refractivity contribution in [3.05, 3.63) is 30.3 Å². The zero-order valence-corrected chi connectivity index (χ0v) is 17.5. The molecule has 3 saturated heterocycles. The van der Waals surface area contributed by atoms with E-state index in [0.29, 0.717) is 18.2 Å². The lowest BCUT2D eigenvalue weighted by molar-refractivity contribution is -0.131. The van der Waals surface area contributed by atoms with E-state index >= 15 is 0 Å². The lowest BCUT2D eigenvalue weighted by Gasteiger charge is -2.37. The van der Waals surface area contributed by atoms with Gasteiger partial charge >= 0.3 is 6.03 Å². The Labute approximate surface area is 174 Å². The molecule has 0 saturated carbocycles. The fourth-order valence-corrected chi connectivity index (χ4v) is 4.86. The number of rotatable bonds is 4. The van der Waals surface area contributed by atoms with Crippen LogP contribution in [0, 0.1) is 5.92 Å². The molecule has 0 N–H and O–H groups in total. The SMILES string of the molecule is O=C(CCC1CCN(C(=O)N2CCCC2)CC1)N1CCN(c2ccccc2)CC1. The molecule has 29 heavy (non-hydrogen) atoms. The highest BCUT2D eigenvalue weighted by Gasteiger charge is 2.28. The number of hydrogen-bond acceptors (Lipinski definition) is 3. The van der Waals surface area contributed by atoms with Crippen LogP contribution in [0.2, 0.25) is 0 Å². The fourth-order valence-electron chi connectivity index (χ4n) is 4.86. The van der Waals surface area contributed by atoms with Gasteiger partial charge in [0.2, 0.25) is 5.91 Å². The van der Waals surface area contributed by atoms with E-state index in [4.69, 9.17) is 0 Å². The van der Waals surface area contributed by atoms with Gasteiger partial charge in [0.25, 0.3) is 0 Å². The van der Waals surface area contributed by atoms with E-state index in [1.54, 1.807) is 0 Å². The van der Waals surface area contributed by atoms with Crippen LogP contribution in [0.4, 0.5) is 10.5 Å². The summed E-state index contributed by atoms with van der Waals surface area (Å²) in [6.45, 7) is 7.00. The van der Waals surface area contributed by atoms with Crippen molar-refractivity contribution < 1.29 is 9.59 Å². The highest BCUT2D eigenvalue weighted by Crippen LogP contribution is 2.24. The van der Waals surface area contributed by atoms with Gasteiger partial charge in [-0.15, -0.1) is 0 Å². The van der Waals surface area contributed by atoms with Gasteiger partial charge < -0.3 is 19.6 Å². The van der Waals surface area contributed by atoms with Gasteiger partial charge in [0.15, 0.2) is 0 Å². The Hall–Kier alpha value is -2.24. The van der Waals surface area contributed by atoms with Crippen molar-refractivity contribution in [1.29, 1.82) is 0 Å². The summed E-state index contributed by atoms with van der Waals surface area (Å²) in [5.41, 5.74) is 1.25. The number of nitrogens with zero attached hydrogens (tertiary/aromatic N) is 4.